The molecule has 98 valence electrons. The fourth-order valence-electron chi connectivity index (χ4n) is 1.52. The molecule has 0 unspecified atom stereocenters. The number of nitrogens with zero attached hydrogens (tertiary/aromatic N) is 1. The summed E-state index contributed by atoms with van der Waals surface area (Å²) in [7, 11) is 0. The molecule has 4 heteroatoms. The van der Waals surface area contributed by atoms with E-state index in [1.165, 1.54) is 12.1 Å². The number of benzene rings is 1. The third-order valence-electron chi connectivity index (χ3n) is 2.30. The summed E-state index contributed by atoms with van der Waals surface area (Å²) in [6.07, 6.45) is -0.619. The van der Waals surface area contributed by atoms with E-state index in [1.54, 1.807) is 19.1 Å². The van der Waals surface area contributed by atoms with Gasteiger partial charge in [-0.2, -0.15) is 4.99 Å². The van der Waals surface area contributed by atoms with Gasteiger partial charge in [0.15, 0.2) is 0 Å². The second-order valence-corrected chi connectivity index (χ2v) is 4.92. The molecular formula is C14H18FNO2. The van der Waals surface area contributed by atoms with Crippen LogP contribution in [0.4, 0.5) is 9.18 Å². The van der Waals surface area contributed by atoms with E-state index in [-0.39, 0.29) is 17.8 Å². The minimum Gasteiger partial charge on any atom is -0.448 e. The van der Waals surface area contributed by atoms with Crippen LogP contribution >= 0.6 is 0 Å². The largest absolute Gasteiger partial charge is 0.448 e. The number of amides is 1. The molecule has 0 radical (unpaired) electrons. The molecule has 0 N–H and O–H groups in total. The van der Waals surface area contributed by atoms with Gasteiger partial charge in [-0.15, -0.1) is 0 Å². The Kier molecular flexibility index (Phi) is 4.59. The van der Waals surface area contributed by atoms with Gasteiger partial charge in [-0.3, -0.25) is 0 Å². The molecule has 0 aromatic heterocycles. The highest BCUT2D eigenvalue weighted by molar-refractivity contribution is 6.08. The first-order valence-electron chi connectivity index (χ1n) is 5.86. The summed E-state index contributed by atoms with van der Waals surface area (Å²) in [5, 5.41) is 0. The van der Waals surface area contributed by atoms with Gasteiger partial charge in [0.1, 0.15) is 5.82 Å². The smallest absolute Gasteiger partial charge is 0.433 e. The molecule has 1 aromatic rings. The summed E-state index contributed by atoms with van der Waals surface area (Å²) in [5.74, 6) is -0.317. The Labute approximate surface area is 107 Å². The summed E-state index contributed by atoms with van der Waals surface area (Å²) in [5.41, 5.74) is 0.975. The molecular weight excluding hydrogens is 233 g/mol. The Morgan fingerprint density at radius 1 is 1.28 bits per heavy atom. The number of ether oxygens (including phenoxy) is 1. The monoisotopic (exact) mass is 251 g/mol. The van der Waals surface area contributed by atoms with E-state index in [0.717, 1.165) is 5.56 Å². The third-order valence-corrected chi connectivity index (χ3v) is 2.30. The number of carbonyl (C=O) groups is 1. The van der Waals surface area contributed by atoms with Gasteiger partial charge in [0, 0.05) is 5.41 Å². The molecule has 3 nitrogen and oxygen atoms in total. The maximum Gasteiger partial charge on any atom is 0.433 e. The topological polar surface area (TPSA) is 38.7 Å². The molecule has 0 heterocycles. The zero-order chi connectivity index (χ0) is 13.8. The molecule has 0 bridgehead atoms. The van der Waals surface area contributed by atoms with E-state index in [1.807, 2.05) is 20.8 Å². The first-order chi connectivity index (χ1) is 8.34. The minimum atomic E-state index is -0.619. The molecule has 0 saturated heterocycles. The van der Waals surface area contributed by atoms with Gasteiger partial charge in [0.05, 0.1) is 12.3 Å². The first-order valence-corrected chi connectivity index (χ1v) is 5.86. The van der Waals surface area contributed by atoms with Gasteiger partial charge in [0.25, 0.3) is 0 Å². The predicted molar refractivity (Wildman–Crippen MR) is 69.4 cm³/mol. The molecule has 1 aromatic carbocycles. The van der Waals surface area contributed by atoms with Gasteiger partial charge >= 0.3 is 6.09 Å². The Morgan fingerprint density at radius 3 is 2.28 bits per heavy atom. The Hall–Kier alpha value is -1.71. The number of aliphatic imine (C=N–C) groups is 1. The average Bonchev–Trinajstić information content (AvgIpc) is 2.26. The second kappa shape index (κ2) is 5.76. The molecule has 1 rings (SSSR count). The van der Waals surface area contributed by atoms with Gasteiger partial charge in [-0.05, 0) is 24.6 Å². The van der Waals surface area contributed by atoms with Crippen molar-refractivity contribution in [3.63, 3.8) is 0 Å². The van der Waals surface area contributed by atoms with Gasteiger partial charge in [0.2, 0.25) is 0 Å². The van der Waals surface area contributed by atoms with Gasteiger partial charge in [-0.25, -0.2) is 9.18 Å². The number of carbonyl (C=O) groups excluding carboxylic acids is 1. The van der Waals surface area contributed by atoms with Crippen molar-refractivity contribution in [1.82, 2.24) is 0 Å². The number of rotatable bonds is 2. The molecule has 0 fully saturated rings. The molecule has 0 aliphatic carbocycles. The quantitative estimate of drug-likeness (QED) is 0.749. The summed E-state index contributed by atoms with van der Waals surface area (Å²) >= 11 is 0. The van der Waals surface area contributed by atoms with Crippen LogP contribution in [-0.4, -0.2) is 18.4 Å². The highest BCUT2D eigenvalue weighted by atomic mass is 19.1. The zero-order valence-corrected chi connectivity index (χ0v) is 11.2. The fourth-order valence-corrected chi connectivity index (χ4v) is 1.52. The van der Waals surface area contributed by atoms with E-state index in [4.69, 9.17) is 4.74 Å². The van der Waals surface area contributed by atoms with Crippen LogP contribution in [0.15, 0.2) is 29.3 Å². The SMILES string of the molecule is CCOC(=O)N=C(c1ccc(F)cc1)C(C)(C)C. The molecule has 0 saturated carbocycles. The number of halogens is 1. The molecule has 0 spiro atoms. The predicted octanol–water partition coefficient (Wildman–Crippen LogP) is 3.82. The van der Waals surface area contributed by atoms with Crippen molar-refractivity contribution >= 4 is 11.8 Å². The normalized spacial score (nSPS) is 12.4. The van der Waals surface area contributed by atoms with Crippen LogP contribution < -0.4 is 0 Å². The summed E-state index contributed by atoms with van der Waals surface area (Å²) in [6.45, 7) is 7.82. The lowest BCUT2D eigenvalue weighted by atomic mass is 9.85. The fraction of sp³-hybridized carbons (Fsp3) is 0.429. The Bertz CT molecular complexity index is 444. The van der Waals surface area contributed by atoms with Crippen molar-refractivity contribution in [2.24, 2.45) is 10.4 Å². The van der Waals surface area contributed by atoms with Crippen LogP contribution in [0.3, 0.4) is 0 Å². The second-order valence-electron chi connectivity index (χ2n) is 4.92. The van der Waals surface area contributed by atoms with Crippen molar-refractivity contribution in [3.05, 3.63) is 35.6 Å². The lowest BCUT2D eigenvalue weighted by Gasteiger charge is -2.21. The van der Waals surface area contributed by atoms with Gasteiger partial charge < -0.3 is 4.74 Å². The molecule has 0 aliphatic heterocycles. The van der Waals surface area contributed by atoms with Crippen molar-refractivity contribution in [2.75, 3.05) is 6.61 Å². The molecule has 1 amide bonds. The van der Waals surface area contributed by atoms with E-state index >= 15 is 0 Å². The molecule has 0 atom stereocenters. The zero-order valence-electron chi connectivity index (χ0n) is 11.2. The third kappa shape index (κ3) is 3.95. The summed E-state index contributed by atoms with van der Waals surface area (Å²) in [6, 6.07) is 5.92. The lowest BCUT2D eigenvalue weighted by Crippen LogP contribution is -2.23. The van der Waals surface area contributed by atoms with E-state index < -0.39 is 6.09 Å². The Morgan fingerprint density at radius 2 is 1.83 bits per heavy atom. The summed E-state index contributed by atoms with van der Waals surface area (Å²) < 4.78 is 17.7. The van der Waals surface area contributed by atoms with Crippen LogP contribution in [0.1, 0.15) is 33.3 Å². The van der Waals surface area contributed by atoms with Crippen LogP contribution in [0.5, 0.6) is 0 Å². The highest BCUT2D eigenvalue weighted by Gasteiger charge is 2.22. The van der Waals surface area contributed by atoms with Gasteiger partial charge in [-0.1, -0.05) is 32.9 Å². The standard InChI is InChI=1S/C14H18FNO2/c1-5-18-13(17)16-12(14(2,3)4)10-6-8-11(15)9-7-10/h6-9H,5H2,1-4H3. The average molecular weight is 251 g/mol. The first kappa shape index (κ1) is 14.4. The van der Waals surface area contributed by atoms with Crippen molar-refractivity contribution in [1.29, 1.82) is 0 Å². The van der Waals surface area contributed by atoms with E-state index in [0.29, 0.717) is 5.71 Å². The number of hydrogen-bond donors (Lipinski definition) is 0. The molecule has 0 aliphatic rings. The van der Waals surface area contributed by atoms with E-state index in [2.05, 4.69) is 4.99 Å². The van der Waals surface area contributed by atoms with Crippen molar-refractivity contribution in [2.45, 2.75) is 27.7 Å². The Balaban J connectivity index is 3.14. The minimum absolute atomic E-state index is 0.281. The van der Waals surface area contributed by atoms with Crippen LogP contribution in [0.25, 0.3) is 0 Å². The van der Waals surface area contributed by atoms with E-state index in [9.17, 15) is 9.18 Å². The van der Waals surface area contributed by atoms with Crippen molar-refractivity contribution < 1.29 is 13.9 Å². The van der Waals surface area contributed by atoms with Crippen LogP contribution in [0, 0.1) is 11.2 Å². The molecule has 18 heavy (non-hydrogen) atoms. The van der Waals surface area contributed by atoms with Crippen LogP contribution in [-0.2, 0) is 4.74 Å². The number of hydrogen-bond acceptors (Lipinski definition) is 2. The summed E-state index contributed by atoms with van der Waals surface area (Å²) in [4.78, 5) is 15.4. The van der Waals surface area contributed by atoms with Crippen LogP contribution in [0.2, 0.25) is 0 Å². The lowest BCUT2D eigenvalue weighted by molar-refractivity contribution is 0.163. The maximum atomic E-state index is 12.9. The van der Waals surface area contributed by atoms with Crippen molar-refractivity contribution in [3.8, 4) is 0 Å². The maximum absolute atomic E-state index is 12.9. The highest BCUT2D eigenvalue weighted by Crippen LogP contribution is 2.22.